The fourth-order valence-electron chi connectivity index (χ4n) is 9.60. The van der Waals surface area contributed by atoms with Gasteiger partial charge in [0.25, 0.3) is 0 Å². The van der Waals surface area contributed by atoms with Crippen molar-refractivity contribution in [1.29, 1.82) is 0 Å². The number of carbonyl (C=O) groups is 4. The molecule has 10 nitrogen and oxygen atoms in total. The van der Waals surface area contributed by atoms with E-state index in [1.165, 1.54) is 23.1 Å². The Hall–Kier alpha value is -5.00. The largest absolute Gasteiger partial charge is 0.508 e. The van der Waals surface area contributed by atoms with Gasteiger partial charge in [-0.2, -0.15) is 0 Å². The van der Waals surface area contributed by atoms with Gasteiger partial charge >= 0.3 is 0 Å². The first kappa shape index (κ1) is 32.9. The highest BCUT2D eigenvalue weighted by Crippen LogP contribution is 2.63. The second-order valence-electron chi connectivity index (χ2n) is 14.7. The molecule has 6 atom stereocenters. The lowest BCUT2D eigenvalue weighted by atomic mass is 9.51. The first-order valence-corrected chi connectivity index (χ1v) is 18.0. The number of halogens is 2. The van der Waals surface area contributed by atoms with Crippen LogP contribution < -0.4 is 19.4 Å². The van der Waals surface area contributed by atoms with Gasteiger partial charge in [0.2, 0.25) is 23.6 Å². The number of phenols is 1. The molecule has 3 aromatic rings. The smallest absolute Gasteiger partial charge is 0.241 e. The van der Waals surface area contributed by atoms with E-state index in [0.717, 1.165) is 35.3 Å². The highest BCUT2D eigenvalue weighted by molar-refractivity contribution is 6.32. The lowest BCUT2D eigenvalue weighted by Gasteiger charge is -2.49. The molecule has 9 rings (SSSR count). The van der Waals surface area contributed by atoms with E-state index in [1.54, 1.807) is 37.5 Å². The first-order chi connectivity index (χ1) is 25.1. The fourth-order valence-corrected chi connectivity index (χ4v) is 9.78. The van der Waals surface area contributed by atoms with Crippen LogP contribution in [0.4, 0.5) is 21.5 Å². The molecule has 6 aliphatic rings. The molecule has 4 aliphatic heterocycles. The standard InChI is InChI=1S/C40H35ClFN3O7/c1-40-30(37(48)45(39(40)50)25-6-10-32(42)31(41)18-25)19-29-27(35(40)22-16-21-17-26(46)7-11-33(21)52-20-22)8-9-28-34(29)38(49)44(36(28)47)24-4-2-23(3-5-24)43-12-14-51-15-13-43/h2-8,10-11,17-18,20,28-30,34-35,46H,9,12-16,19H2,1H3/t28-,29+,30-,34-,35-,40+/m0/s1. The SMILES string of the molecule is C[C@@]12C(=O)N(c3ccc(F)c(Cl)c3)C(=O)[C@@H]1C[C@@H]1C(=CC[C@@H]3C(=O)N(c4ccc(N5CCOCC5)cc4)C(=O)[C@@H]31)[C@@H]2C1=COc2ccc(O)cc2C1. The zero-order chi connectivity index (χ0) is 36.1. The average molecular weight is 724 g/mol. The molecule has 52 heavy (non-hydrogen) atoms. The summed E-state index contributed by atoms with van der Waals surface area (Å²) < 4.78 is 25.8. The summed E-state index contributed by atoms with van der Waals surface area (Å²) in [6, 6.07) is 16.0. The summed E-state index contributed by atoms with van der Waals surface area (Å²) in [5.41, 5.74) is 2.58. The molecule has 3 aromatic carbocycles. The lowest BCUT2D eigenvalue weighted by Crippen LogP contribution is -2.51. The number of anilines is 3. The number of rotatable bonds is 4. The van der Waals surface area contributed by atoms with Crippen molar-refractivity contribution < 1.29 is 38.1 Å². The number of aromatic hydroxyl groups is 1. The summed E-state index contributed by atoms with van der Waals surface area (Å²) in [5.74, 6) is -5.01. The second kappa shape index (κ2) is 12.0. The van der Waals surface area contributed by atoms with Crippen LogP contribution in [-0.4, -0.2) is 55.0 Å². The zero-order valence-electron chi connectivity index (χ0n) is 28.3. The first-order valence-electron chi connectivity index (χ1n) is 17.6. The van der Waals surface area contributed by atoms with Crippen LogP contribution in [0.15, 0.2) is 84.1 Å². The Bertz CT molecular complexity index is 2130. The highest BCUT2D eigenvalue weighted by atomic mass is 35.5. The molecule has 12 heteroatoms. The Morgan fingerprint density at radius 1 is 0.865 bits per heavy atom. The van der Waals surface area contributed by atoms with Gasteiger partial charge in [0.15, 0.2) is 0 Å². The van der Waals surface area contributed by atoms with Gasteiger partial charge in [-0.3, -0.25) is 24.1 Å². The third-order valence-electron chi connectivity index (χ3n) is 12.1. The van der Waals surface area contributed by atoms with Crippen LogP contribution in [0, 0.1) is 40.8 Å². The summed E-state index contributed by atoms with van der Waals surface area (Å²) in [6.07, 6.45) is 4.39. The quantitative estimate of drug-likeness (QED) is 0.265. The van der Waals surface area contributed by atoms with Gasteiger partial charge < -0.3 is 19.5 Å². The van der Waals surface area contributed by atoms with E-state index in [0.29, 0.717) is 48.6 Å². The maximum atomic E-state index is 14.7. The van der Waals surface area contributed by atoms with Gasteiger partial charge in [0.1, 0.15) is 17.3 Å². The van der Waals surface area contributed by atoms with Crippen molar-refractivity contribution in [2.45, 2.75) is 26.2 Å². The van der Waals surface area contributed by atoms with Gasteiger partial charge in [0, 0.05) is 36.7 Å². The van der Waals surface area contributed by atoms with Crippen LogP contribution in [0.25, 0.3) is 0 Å². The Kier molecular flexibility index (Phi) is 7.61. The van der Waals surface area contributed by atoms with Crippen LogP contribution in [0.3, 0.4) is 0 Å². The van der Waals surface area contributed by atoms with E-state index in [4.69, 9.17) is 21.1 Å². The van der Waals surface area contributed by atoms with E-state index in [-0.39, 0.29) is 34.7 Å². The number of nitrogens with zero attached hydrogens (tertiary/aromatic N) is 3. The van der Waals surface area contributed by atoms with Crippen LogP contribution in [0.2, 0.25) is 5.02 Å². The van der Waals surface area contributed by atoms with Crippen molar-refractivity contribution in [2.24, 2.45) is 35.0 Å². The van der Waals surface area contributed by atoms with Gasteiger partial charge in [-0.15, -0.1) is 0 Å². The molecule has 1 N–H and O–H groups in total. The van der Waals surface area contributed by atoms with Crippen LogP contribution in [0.5, 0.6) is 11.5 Å². The number of hydrogen-bond acceptors (Lipinski definition) is 8. The molecule has 4 heterocycles. The number of fused-ring (bicyclic) bond motifs is 5. The Labute approximate surface area is 304 Å². The molecule has 2 aliphatic carbocycles. The number of morpholine rings is 1. The minimum Gasteiger partial charge on any atom is -0.508 e. The molecular formula is C40H35ClFN3O7. The molecule has 266 valence electrons. The molecule has 4 amide bonds. The zero-order valence-corrected chi connectivity index (χ0v) is 29.0. The number of hydrogen-bond donors (Lipinski definition) is 1. The molecule has 4 fully saturated rings. The molecule has 0 spiro atoms. The van der Waals surface area contributed by atoms with Gasteiger partial charge in [0.05, 0.1) is 59.0 Å². The Morgan fingerprint density at radius 2 is 1.60 bits per heavy atom. The number of phenolic OH excluding ortho intramolecular Hbond substituents is 1. The maximum absolute atomic E-state index is 14.7. The van der Waals surface area contributed by atoms with Crippen molar-refractivity contribution in [2.75, 3.05) is 41.0 Å². The minimum atomic E-state index is -1.31. The number of benzene rings is 3. The van der Waals surface area contributed by atoms with Crippen molar-refractivity contribution in [1.82, 2.24) is 0 Å². The number of amides is 4. The van der Waals surface area contributed by atoms with E-state index in [1.807, 2.05) is 18.2 Å². The van der Waals surface area contributed by atoms with E-state index >= 15 is 0 Å². The topological polar surface area (TPSA) is 117 Å². The summed E-state index contributed by atoms with van der Waals surface area (Å²) in [4.78, 5) is 62.4. The monoisotopic (exact) mass is 723 g/mol. The summed E-state index contributed by atoms with van der Waals surface area (Å²) in [6.45, 7) is 4.55. The number of imide groups is 2. The van der Waals surface area contributed by atoms with Gasteiger partial charge in [-0.05, 0) is 91.9 Å². The Balaban J connectivity index is 1.11. The molecule has 0 radical (unpaired) electrons. The maximum Gasteiger partial charge on any atom is 0.241 e. The third-order valence-corrected chi connectivity index (χ3v) is 12.4. The summed E-state index contributed by atoms with van der Waals surface area (Å²) >= 11 is 6.13. The van der Waals surface area contributed by atoms with Crippen molar-refractivity contribution in [3.8, 4) is 11.5 Å². The van der Waals surface area contributed by atoms with Crippen LogP contribution >= 0.6 is 11.6 Å². The van der Waals surface area contributed by atoms with Crippen LogP contribution in [0.1, 0.15) is 25.3 Å². The van der Waals surface area contributed by atoms with E-state index < -0.39 is 52.6 Å². The molecular weight excluding hydrogens is 689 g/mol. The number of carbonyl (C=O) groups excluding carboxylic acids is 4. The second-order valence-corrected chi connectivity index (χ2v) is 15.1. The molecule has 3 saturated heterocycles. The highest BCUT2D eigenvalue weighted by Gasteiger charge is 2.68. The van der Waals surface area contributed by atoms with Gasteiger partial charge in [-0.25, -0.2) is 9.29 Å². The van der Waals surface area contributed by atoms with Crippen molar-refractivity contribution in [3.63, 3.8) is 0 Å². The predicted octanol–water partition coefficient (Wildman–Crippen LogP) is 5.81. The van der Waals surface area contributed by atoms with E-state index in [2.05, 4.69) is 4.90 Å². The van der Waals surface area contributed by atoms with Crippen molar-refractivity contribution in [3.05, 3.63) is 101 Å². The average Bonchev–Trinajstić information content (AvgIpc) is 3.52. The predicted molar refractivity (Wildman–Crippen MR) is 189 cm³/mol. The molecule has 0 aromatic heterocycles. The van der Waals surface area contributed by atoms with Crippen molar-refractivity contribution >= 4 is 52.3 Å². The molecule has 0 bridgehead atoms. The Morgan fingerprint density at radius 3 is 2.35 bits per heavy atom. The summed E-state index contributed by atoms with van der Waals surface area (Å²) in [5, 5.41) is 10.1. The van der Waals surface area contributed by atoms with Crippen LogP contribution in [-0.2, 0) is 30.3 Å². The third kappa shape index (κ3) is 4.78. The molecule has 0 unspecified atom stereocenters. The summed E-state index contributed by atoms with van der Waals surface area (Å²) in [7, 11) is 0. The fraction of sp³-hybridized carbons (Fsp3) is 0.350. The number of ether oxygens (including phenoxy) is 2. The van der Waals surface area contributed by atoms with E-state index in [9.17, 15) is 28.7 Å². The normalized spacial score (nSPS) is 29.6. The number of allylic oxidation sites excluding steroid dienone is 3. The van der Waals surface area contributed by atoms with Gasteiger partial charge in [-0.1, -0.05) is 23.3 Å². The lowest BCUT2D eigenvalue weighted by molar-refractivity contribution is -0.132. The minimum absolute atomic E-state index is 0.0635. The molecule has 1 saturated carbocycles.